The molecule has 2 nitrogen and oxygen atoms in total. The summed E-state index contributed by atoms with van der Waals surface area (Å²) in [6.07, 6.45) is 1.42. The Labute approximate surface area is 80.8 Å². The quantitative estimate of drug-likeness (QED) is 0.698. The second-order valence-electron chi connectivity index (χ2n) is 2.94. The van der Waals surface area contributed by atoms with Gasteiger partial charge in [0, 0.05) is 10.4 Å². The third-order valence-electron chi connectivity index (χ3n) is 2.03. The zero-order valence-electron chi connectivity index (χ0n) is 7.08. The van der Waals surface area contributed by atoms with Crippen molar-refractivity contribution < 1.29 is 5.11 Å². The zero-order valence-corrected chi connectivity index (χ0v) is 7.84. The molecule has 0 fully saturated rings. The fraction of sp³-hybridized carbons (Fsp3) is 0.100. The number of aromatic hydroxyl groups is 1. The highest BCUT2D eigenvalue weighted by molar-refractivity contribution is 6.32. The highest BCUT2D eigenvalue weighted by Gasteiger charge is 2.02. The maximum Gasteiger partial charge on any atom is 0.134 e. The Balaban J connectivity index is 2.87. The van der Waals surface area contributed by atoms with E-state index in [0.29, 0.717) is 5.02 Å². The van der Waals surface area contributed by atoms with Crippen LogP contribution in [-0.2, 0) is 0 Å². The summed E-state index contributed by atoms with van der Waals surface area (Å²) in [5, 5.41) is 10.8. The van der Waals surface area contributed by atoms with Crippen molar-refractivity contribution in [1.82, 2.24) is 4.98 Å². The zero-order chi connectivity index (χ0) is 9.42. The SMILES string of the molecule is Cc1c(Cl)ccc2cc(O)cnc12. The number of halogens is 1. The molecule has 0 atom stereocenters. The fourth-order valence-electron chi connectivity index (χ4n) is 1.31. The molecule has 0 radical (unpaired) electrons. The second-order valence-corrected chi connectivity index (χ2v) is 3.34. The maximum absolute atomic E-state index is 9.19. The lowest BCUT2D eigenvalue weighted by atomic mass is 10.1. The van der Waals surface area contributed by atoms with Crippen molar-refractivity contribution in [3.05, 3.63) is 35.0 Å². The summed E-state index contributed by atoms with van der Waals surface area (Å²) in [5.41, 5.74) is 1.78. The van der Waals surface area contributed by atoms with Crippen LogP contribution in [-0.4, -0.2) is 10.1 Å². The molecule has 1 N–H and O–H groups in total. The van der Waals surface area contributed by atoms with Crippen molar-refractivity contribution >= 4 is 22.5 Å². The van der Waals surface area contributed by atoms with Gasteiger partial charge in [0.15, 0.2) is 0 Å². The molecule has 0 aliphatic rings. The lowest BCUT2D eigenvalue weighted by molar-refractivity contribution is 0.474. The summed E-state index contributed by atoms with van der Waals surface area (Å²) in [6, 6.07) is 5.32. The van der Waals surface area contributed by atoms with Gasteiger partial charge in [-0.25, -0.2) is 0 Å². The molecule has 0 aliphatic heterocycles. The molecule has 13 heavy (non-hydrogen) atoms. The van der Waals surface area contributed by atoms with Crippen molar-refractivity contribution in [3.63, 3.8) is 0 Å². The number of nitrogens with zero attached hydrogens (tertiary/aromatic N) is 1. The number of aromatic nitrogens is 1. The Bertz CT molecular complexity index is 468. The van der Waals surface area contributed by atoms with Gasteiger partial charge in [-0.2, -0.15) is 0 Å². The van der Waals surface area contributed by atoms with Crippen LogP contribution in [0.1, 0.15) is 5.56 Å². The van der Waals surface area contributed by atoms with Gasteiger partial charge in [0.1, 0.15) is 5.75 Å². The molecule has 1 aromatic carbocycles. The molecule has 66 valence electrons. The highest BCUT2D eigenvalue weighted by atomic mass is 35.5. The van der Waals surface area contributed by atoms with Crippen molar-refractivity contribution in [2.24, 2.45) is 0 Å². The van der Waals surface area contributed by atoms with Crippen LogP contribution in [0.4, 0.5) is 0 Å². The smallest absolute Gasteiger partial charge is 0.134 e. The predicted molar refractivity (Wildman–Crippen MR) is 53.2 cm³/mol. The summed E-state index contributed by atoms with van der Waals surface area (Å²) in [4.78, 5) is 4.11. The highest BCUT2D eigenvalue weighted by Crippen LogP contribution is 2.25. The number of rotatable bonds is 0. The van der Waals surface area contributed by atoms with E-state index in [2.05, 4.69) is 4.98 Å². The van der Waals surface area contributed by atoms with Crippen molar-refractivity contribution in [2.45, 2.75) is 6.92 Å². The molecule has 0 saturated carbocycles. The normalized spacial score (nSPS) is 10.6. The van der Waals surface area contributed by atoms with Gasteiger partial charge in [0.05, 0.1) is 11.7 Å². The number of hydrogen-bond acceptors (Lipinski definition) is 2. The van der Waals surface area contributed by atoms with E-state index in [1.807, 2.05) is 13.0 Å². The maximum atomic E-state index is 9.19. The third-order valence-corrected chi connectivity index (χ3v) is 2.43. The monoisotopic (exact) mass is 193 g/mol. The lowest BCUT2D eigenvalue weighted by Crippen LogP contribution is -1.83. The first-order valence-corrected chi connectivity index (χ1v) is 4.30. The molecular formula is C10H8ClNO. The van der Waals surface area contributed by atoms with Gasteiger partial charge in [0.25, 0.3) is 0 Å². The van der Waals surface area contributed by atoms with Gasteiger partial charge in [-0.1, -0.05) is 17.7 Å². The van der Waals surface area contributed by atoms with E-state index in [-0.39, 0.29) is 5.75 Å². The first-order chi connectivity index (χ1) is 6.18. The van der Waals surface area contributed by atoms with E-state index in [9.17, 15) is 5.11 Å². The van der Waals surface area contributed by atoms with Gasteiger partial charge in [0.2, 0.25) is 0 Å². The van der Waals surface area contributed by atoms with E-state index in [1.54, 1.807) is 12.1 Å². The van der Waals surface area contributed by atoms with Crippen molar-refractivity contribution in [3.8, 4) is 5.75 Å². The van der Waals surface area contributed by atoms with Gasteiger partial charge in [-0.05, 0) is 24.6 Å². The second kappa shape index (κ2) is 2.89. The van der Waals surface area contributed by atoms with E-state index in [1.165, 1.54) is 6.20 Å². The average molecular weight is 194 g/mol. The van der Waals surface area contributed by atoms with Crippen LogP contribution in [0.3, 0.4) is 0 Å². The van der Waals surface area contributed by atoms with Crippen molar-refractivity contribution in [1.29, 1.82) is 0 Å². The van der Waals surface area contributed by atoms with Gasteiger partial charge >= 0.3 is 0 Å². The van der Waals surface area contributed by atoms with E-state index < -0.39 is 0 Å². The Kier molecular flexibility index (Phi) is 1.85. The van der Waals surface area contributed by atoms with Crippen LogP contribution in [0.25, 0.3) is 10.9 Å². The predicted octanol–water partition coefficient (Wildman–Crippen LogP) is 2.90. The molecule has 1 heterocycles. The molecule has 0 unspecified atom stereocenters. The first kappa shape index (κ1) is 8.32. The summed E-state index contributed by atoms with van der Waals surface area (Å²) < 4.78 is 0. The van der Waals surface area contributed by atoms with Crippen LogP contribution in [0.5, 0.6) is 5.75 Å². The Morgan fingerprint density at radius 2 is 2.15 bits per heavy atom. The molecule has 1 aromatic heterocycles. The first-order valence-electron chi connectivity index (χ1n) is 3.92. The Hall–Kier alpha value is -1.28. The van der Waals surface area contributed by atoms with Crippen LogP contribution in [0.15, 0.2) is 24.4 Å². The molecule has 2 rings (SSSR count). The molecule has 0 aliphatic carbocycles. The number of pyridine rings is 1. The molecular weight excluding hydrogens is 186 g/mol. The molecule has 0 bridgehead atoms. The average Bonchev–Trinajstić information content (AvgIpc) is 2.12. The van der Waals surface area contributed by atoms with Crippen LogP contribution in [0, 0.1) is 6.92 Å². The van der Waals surface area contributed by atoms with Gasteiger partial charge in [-0.3, -0.25) is 4.98 Å². The summed E-state index contributed by atoms with van der Waals surface area (Å²) in [5.74, 6) is 0.175. The van der Waals surface area contributed by atoms with Crippen LogP contribution < -0.4 is 0 Å². The number of aryl methyl sites for hydroxylation is 1. The topological polar surface area (TPSA) is 33.1 Å². The minimum Gasteiger partial charge on any atom is -0.506 e. The summed E-state index contributed by atoms with van der Waals surface area (Å²) in [7, 11) is 0. The largest absolute Gasteiger partial charge is 0.506 e. The standard InChI is InChI=1S/C10H8ClNO/c1-6-9(11)3-2-7-4-8(13)5-12-10(6)7/h2-5,13H,1H3. The fourth-order valence-corrected chi connectivity index (χ4v) is 1.46. The van der Waals surface area contributed by atoms with E-state index >= 15 is 0 Å². The third kappa shape index (κ3) is 1.33. The van der Waals surface area contributed by atoms with Crippen LogP contribution in [0.2, 0.25) is 5.02 Å². The number of hydrogen-bond donors (Lipinski definition) is 1. The Morgan fingerprint density at radius 1 is 1.38 bits per heavy atom. The van der Waals surface area contributed by atoms with Crippen LogP contribution >= 0.6 is 11.6 Å². The molecule has 0 amide bonds. The molecule has 0 saturated heterocycles. The summed E-state index contributed by atoms with van der Waals surface area (Å²) in [6.45, 7) is 1.91. The molecule has 0 spiro atoms. The van der Waals surface area contributed by atoms with E-state index in [4.69, 9.17) is 11.6 Å². The van der Waals surface area contributed by atoms with Gasteiger partial charge in [-0.15, -0.1) is 0 Å². The van der Waals surface area contributed by atoms with Gasteiger partial charge < -0.3 is 5.11 Å². The molecule has 2 aromatic rings. The van der Waals surface area contributed by atoms with Crippen molar-refractivity contribution in [2.75, 3.05) is 0 Å². The number of benzene rings is 1. The Morgan fingerprint density at radius 3 is 2.92 bits per heavy atom. The molecule has 3 heteroatoms. The van der Waals surface area contributed by atoms with E-state index in [0.717, 1.165) is 16.5 Å². The number of fused-ring (bicyclic) bond motifs is 1. The lowest BCUT2D eigenvalue weighted by Gasteiger charge is -2.02. The minimum absolute atomic E-state index is 0.175. The minimum atomic E-state index is 0.175. The summed E-state index contributed by atoms with van der Waals surface area (Å²) >= 11 is 5.92.